The molecule has 0 spiro atoms. The fourth-order valence-electron chi connectivity index (χ4n) is 1.67. The molecule has 108 valence electrons. The van der Waals surface area contributed by atoms with Gasteiger partial charge in [0.15, 0.2) is 0 Å². The number of benzene rings is 1. The molecule has 2 aromatic rings. The first-order valence-electron chi connectivity index (χ1n) is 6.69. The van der Waals surface area contributed by atoms with Gasteiger partial charge in [0.05, 0.1) is 21.0 Å². The number of hydrogen-bond donors (Lipinski definition) is 1. The maximum atomic E-state index is 11.7. The molecule has 0 atom stereocenters. The van der Waals surface area contributed by atoms with Crippen molar-refractivity contribution in [2.24, 2.45) is 0 Å². The molecule has 20 heavy (non-hydrogen) atoms. The summed E-state index contributed by atoms with van der Waals surface area (Å²) in [5.74, 6) is 0.620. The van der Waals surface area contributed by atoms with E-state index in [4.69, 9.17) is 0 Å². The van der Waals surface area contributed by atoms with Crippen molar-refractivity contribution < 1.29 is 4.79 Å². The van der Waals surface area contributed by atoms with Crippen molar-refractivity contribution >= 4 is 39.2 Å². The molecular formula is C15H20N2OS2. The van der Waals surface area contributed by atoms with Gasteiger partial charge < -0.3 is 5.32 Å². The molecule has 5 heteroatoms. The number of carbonyl (C=O) groups is 1. The number of thioether (sulfide) groups is 1. The molecule has 0 saturated carbocycles. The fraction of sp³-hybridized carbons (Fsp3) is 0.467. The van der Waals surface area contributed by atoms with Gasteiger partial charge in [-0.1, -0.05) is 32.9 Å². The Balaban J connectivity index is 1.76. The second kappa shape index (κ2) is 6.59. The largest absolute Gasteiger partial charge is 0.355 e. The minimum atomic E-state index is 0.103. The molecule has 0 aliphatic heterocycles. The first-order chi connectivity index (χ1) is 9.44. The van der Waals surface area contributed by atoms with Crippen molar-refractivity contribution in [3.05, 3.63) is 29.3 Å². The van der Waals surface area contributed by atoms with Crippen LogP contribution in [-0.4, -0.2) is 27.9 Å². The lowest BCUT2D eigenvalue weighted by molar-refractivity contribution is -0.118. The lowest BCUT2D eigenvalue weighted by Gasteiger charge is -2.16. The van der Waals surface area contributed by atoms with Gasteiger partial charge in [0.2, 0.25) is 5.91 Å². The van der Waals surface area contributed by atoms with Gasteiger partial charge in [-0.25, -0.2) is 4.98 Å². The van der Waals surface area contributed by atoms with Crippen LogP contribution in [0.5, 0.6) is 0 Å². The van der Waals surface area contributed by atoms with E-state index in [1.165, 1.54) is 4.70 Å². The smallest absolute Gasteiger partial charge is 0.230 e. The lowest BCUT2D eigenvalue weighted by Crippen LogP contribution is -2.28. The molecule has 1 aromatic carbocycles. The molecule has 0 aliphatic carbocycles. The molecule has 1 amide bonds. The lowest BCUT2D eigenvalue weighted by atomic mass is 10.3. The average Bonchev–Trinajstić information content (AvgIpc) is 2.78. The summed E-state index contributed by atoms with van der Waals surface area (Å²) >= 11 is 3.37. The zero-order valence-electron chi connectivity index (χ0n) is 12.1. The summed E-state index contributed by atoms with van der Waals surface area (Å²) in [6.07, 6.45) is 0.797. The summed E-state index contributed by atoms with van der Waals surface area (Å²) in [7, 11) is 0. The first-order valence-corrected chi connectivity index (χ1v) is 8.49. The highest BCUT2D eigenvalue weighted by atomic mass is 32.2. The van der Waals surface area contributed by atoms with Crippen LogP contribution in [0.2, 0.25) is 0 Å². The van der Waals surface area contributed by atoms with Crippen LogP contribution in [0.25, 0.3) is 10.2 Å². The van der Waals surface area contributed by atoms with Crippen molar-refractivity contribution in [2.75, 3.05) is 12.3 Å². The number of aromatic nitrogens is 1. The summed E-state index contributed by atoms with van der Waals surface area (Å²) in [5, 5.41) is 4.03. The Kier molecular flexibility index (Phi) is 5.05. The maximum absolute atomic E-state index is 11.7. The highest BCUT2D eigenvalue weighted by molar-refractivity contribution is 8.01. The molecular weight excluding hydrogens is 288 g/mol. The zero-order valence-corrected chi connectivity index (χ0v) is 13.7. The van der Waals surface area contributed by atoms with E-state index in [1.807, 2.05) is 18.2 Å². The molecule has 3 nitrogen and oxygen atoms in total. The van der Waals surface area contributed by atoms with Crippen LogP contribution in [0.1, 0.15) is 25.8 Å². The van der Waals surface area contributed by atoms with E-state index >= 15 is 0 Å². The van der Waals surface area contributed by atoms with Gasteiger partial charge >= 0.3 is 0 Å². The SMILES string of the molecule is CC(C)(C)SCC(=O)NCCc1nc2ccccc2s1. The fourth-order valence-corrected chi connectivity index (χ4v) is 3.30. The van der Waals surface area contributed by atoms with Gasteiger partial charge in [0.1, 0.15) is 0 Å². The summed E-state index contributed by atoms with van der Waals surface area (Å²) in [4.78, 5) is 16.3. The maximum Gasteiger partial charge on any atom is 0.230 e. The molecule has 2 rings (SSSR count). The second-order valence-electron chi connectivity index (χ2n) is 5.58. The standard InChI is InChI=1S/C15H20N2OS2/c1-15(2,3)19-10-13(18)16-9-8-14-17-11-6-4-5-7-12(11)20-14/h4-7H,8-10H2,1-3H3,(H,16,18). The second-order valence-corrected chi connectivity index (χ2v) is 8.49. The number of nitrogens with one attached hydrogen (secondary N) is 1. The third kappa shape index (κ3) is 4.80. The monoisotopic (exact) mass is 308 g/mol. The van der Waals surface area contributed by atoms with Gasteiger partial charge in [-0.2, -0.15) is 0 Å². The molecule has 0 aliphatic rings. The molecule has 1 N–H and O–H groups in total. The highest BCUT2D eigenvalue weighted by Gasteiger charge is 2.13. The van der Waals surface area contributed by atoms with Crippen LogP contribution in [0.15, 0.2) is 24.3 Å². The average molecular weight is 308 g/mol. The third-order valence-electron chi connectivity index (χ3n) is 2.64. The van der Waals surface area contributed by atoms with Crippen molar-refractivity contribution in [3.8, 4) is 0 Å². The number of thiazole rings is 1. The van der Waals surface area contributed by atoms with Crippen molar-refractivity contribution in [3.63, 3.8) is 0 Å². The van der Waals surface area contributed by atoms with E-state index in [1.54, 1.807) is 23.1 Å². The summed E-state index contributed by atoms with van der Waals surface area (Å²) in [6, 6.07) is 8.12. The third-order valence-corrected chi connectivity index (χ3v) is 5.00. The Bertz CT molecular complexity index is 554. The van der Waals surface area contributed by atoms with Crippen LogP contribution in [0.4, 0.5) is 0 Å². The Morgan fingerprint density at radius 1 is 1.35 bits per heavy atom. The molecule has 1 aromatic heterocycles. The summed E-state index contributed by atoms with van der Waals surface area (Å²) in [6.45, 7) is 7.01. The van der Waals surface area contributed by atoms with Gasteiger partial charge in [-0.05, 0) is 12.1 Å². The Morgan fingerprint density at radius 3 is 2.80 bits per heavy atom. The predicted molar refractivity (Wildman–Crippen MR) is 88.5 cm³/mol. The van der Waals surface area contributed by atoms with Crippen molar-refractivity contribution in [1.82, 2.24) is 10.3 Å². The first kappa shape index (κ1) is 15.3. The van der Waals surface area contributed by atoms with Gasteiger partial charge in [0, 0.05) is 17.7 Å². The van der Waals surface area contributed by atoms with E-state index in [-0.39, 0.29) is 10.7 Å². The predicted octanol–water partition coefficient (Wildman–Crippen LogP) is 3.49. The van der Waals surface area contributed by atoms with Crippen LogP contribution in [0.3, 0.4) is 0 Å². The number of fused-ring (bicyclic) bond motifs is 1. The quantitative estimate of drug-likeness (QED) is 0.919. The Hall–Kier alpha value is -1.07. The summed E-state index contributed by atoms with van der Waals surface area (Å²) < 4.78 is 1.33. The van der Waals surface area contributed by atoms with E-state index < -0.39 is 0 Å². The number of para-hydroxylation sites is 1. The number of amides is 1. The molecule has 0 bridgehead atoms. The molecule has 0 radical (unpaired) electrons. The van der Waals surface area contributed by atoms with Gasteiger partial charge in [0.25, 0.3) is 0 Å². The molecule has 1 heterocycles. The topological polar surface area (TPSA) is 42.0 Å². The van der Waals surface area contributed by atoms with Crippen molar-refractivity contribution in [1.29, 1.82) is 0 Å². The summed E-state index contributed by atoms with van der Waals surface area (Å²) in [5.41, 5.74) is 1.04. The number of carbonyl (C=O) groups excluding carboxylic acids is 1. The number of nitrogens with zero attached hydrogens (tertiary/aromatic N) is 1. The van der Waals surface area contributed by atoms with Crippen LogP contribution in [0, 0.1) is 0 Å². The van der Waals surface area contributed by atoms with Crippen LogP contribution >= 0.6 is 23.1 Å². The minimum Gasteiger partial charge on any atom is -0.355 e. The Labute approximate surface area is 128 Å². The molecule has 0 saturated heterocycles. The van der Waals surface area contributed by atoms with Crippen molar-refractivity contribution in [2.45, 2.75) is 31.9 Å². The number of hydrogen-bond acceptors (Lipinski definition) is 4. The van der Waals surface area contributed by atoms with Gasteiger partial charge in [-0.15, -0.1) is 23.1 Å². The van der Waals surface area contributed by atoms with Gasteiger partial charge in [-0.3, -0.25) is 4.79 Å². The van der Waals surface area contributed by atoms with E-state index in [2.05, 4.69) is 37.1 Å². The molecule has 0 unspecified atom stereocenters. The van der Waals surface area contributed by atoms with Crippen LogP contribution < -0.4 is 5.32 Å². The van der Waals surface area contributed by atoms with E-state index in [9.17, 15) is 4.79 Å². The zero-order chi connectivity index (χ0) is 14.6. The van der Waals surface area contributed by atoms with E-state index in [0.717, 1.165) is 16.9 Å². The minimum absolute atomic E-state index is 0.103. The normalized spacial score (nSPS) is 11.8. The highest BCUT2D eigenvalue weighted by Crippen LogP contribution is 2.23. The Morgan fingerprint density at radius 2 is 2.10 bits per heavy atom. The number of rotatable bonds is 5. The van der Waals surface area contributed by atoms with E-state index in [0.29, 0.717) is 12.3 Å². The molecule has 0 fully saturated rings. The van der Waals surface area contributed by atoms with Crippen LogP contribution in [-0.2, 0) is 11.2 Å².